The van der Waals surface area contributed by atoms with Gasteiger partial charge in [-0.25, -0.2) is 18.1 Å². The van der Waals surface area contributed by atoms with Crippen LogP contribution in [0.5, 0.6) is 0 Å². The summed E-state index contributed by atoms with van der Waals surface area (Å²) in [4.78, 5) is 21.2. The minimum absolute atomic E-state index is 0.0748. The number of aliphatic hydroxyl groups is 1. The van der Waals surface area contributed by atoms with Crippen LogP contribution < -0.4 is 10.0 Å². The number of aromatic amines is 1. The highest BCUT2D eigenvalue weighted by molar-refractivity contribution is 7.89. The molecular formula is C25H31N7O5S2. The lowest BCUT2D eigenvalue weighted by Gasteiger charge is -2.26. The van der Waals surface area contributed by atoms with Crippen LogP contribution in [0.25, 0.3) is 21.5 Å². The summed E-state index contributed by atoms with van der Waals surface area (Å²) in [7, 11) is -3.78. The molecule has 5 rings (SSSR count). The van der Waals surface area contributed by atoms with Crippen LogP contribution in [0.3, 0.4) is 0 Å². The number of nitrogens with one attached hydrogen (secondary N) is 3. The number of benzene rings is 1. The molecule has 0 atom stereocenters. The topological polar surface area (TPSA) is 154 Å². The smallest absolute Gasteiger partial charge is 0.268 e. The number of morpholine rings is 1. The Kier molecular flexibility index (Phi) is 7.84. The Morgan fingerprint density at radius 1 is 1.23 bits per heavy atom. The average Bonchev–Trinajstić information content (AvgIpc) is 3.64. The SMILES string of the molecule is CC(C)(O)Cn1c(NC(=O)c2ccc(-c3cn[nH]c3)s2)nc2cc(S(=O)(=O)NCCN3CCOCC3)ccc21. The van der Waals surface area contributed by atoms with Gasteiger partial charge in [-0.1, -0.05) is 0 Å². The number of imidazole rings is 1. The lowest BCUT2D eigenvalue weighted by molar-refractivity contribution is 0.0390. The van der Waals surface area contributed by atoms with E-state index in [4.69, 9.17) is 4.74 Å². The summed E-state index contributed by atoms with van der Waals surface area (Å²) >= 11 is 1.31. The number of aromatic nitrogens is 4. The third kappa shape index (κ3) is 6.54. The number of hydrogen-bond donors (Lipinski definition) is 4. The lowest BCUT2D eigenvalue weighted by Crippen LogP contribution is -2.41. The van der Waals surface area contributed by atoms with E-state index in [9.17, 15) is 18.3 Å². The Morgan fingerprint density at radius 2 is 2.03 bits per heavy atom. The molecular weight excluding hydrogens is 542 g/mol. The zero-order chi connectivity index (χ0) is 27.6. The van der Waals surface area contributed by atoms with Gasteiger partial charge in [-0.05, 0) is 44.2 Å². The number of fused-ring (bicyclic) bond motifs is 1. The number of amides is 1. The molecule has 1 aliphatic rings. The highest BCUT2D eigenvalue weighted by Gasteiger charge is 2.23. The molecule has 4 heterocycles. The molecule has 14 heteroatoms. The number of rotatable bonds is 10. The molecule has 3 aromatic heterocycles. The maximum Gasteiger partial charge on any atom is 0.268 e. The van der Waals surface area contributed by atoms with Gasteiger partial charge in [0, 0.05) is 42.8 Å². The summed E-state index contributed by atoms with van der Waals surface area (Å²) in [5, 5.41) is 20.1. The quantitative estimate of drug-likeness (QED) is 0.225. The molecule has 0 unspecified atom stereocenters. The molecule has 4 N–H and O–H groups in total. The second kappa shape index (κ2) is 11.2. The normalized spacial score (nSPS) is 15.2. The van der Waals surface area contributed by atoms with E-state index in [1.54, 1.807) is 42.9 Å². The van der Waals surface area contributed by atoms with Gasteiger partial charge in [0.25, 0.3) is 5.91 Å². The Labute approximate surface area is 230 Å². The Bertz CT molecular complexity index is 1550. The van der Waals surface area contributed by atoms with Gasteiger partial charge < -0.3 is 14.4 Å². The molecule has 208 valence electrons. The first-order chi connectivity index (χ1) is 18.6. The predicted molar refractivity (Wildman–Crippen MR) is 148 cm³/mol. The number of carbonyl (C=O) groups excluding carboxylic acids is 1. The summed E-state index contributed by atoms with van der Waals surface area (Å²) in [6, 6.07) is 8.18. The maximum absolute atomic E-state index is 13.1. The standard InChI is InChI=1S/C25H31N7O5S2/c1-25(2,34)16-32-20-4-3-18(39(35,36)28-7-8-31-9-11-37-12-10-31)13-19(20)29-24(32)30-23(33)22-6-5-21(38-22)17-14-26-27-15-17/h3-6,13-15,28,34H,7-12,16H2,1-2H3,(H,26,27)(H,29,30,33). The van der Waals surface area contributed by atoms with Crippen LogP contribution in [-0.2, 0) is 21.3 Å². The number of nitrogens with zero attached hydrogens (tertiary/aromatic N) is 4. The third-order valence-electron chi connectivity index (χ3n) is 6.24. The summed E-state index contributed by atoms with van der Waals surface area (Å²) in [5.74, 6) is -0.148. The van der Waals surface area contributed by atoms with E-state index in [1.165, 1.54) is 23.5 Å². The molecule has 0 aliphatic carbocycles. The molecule has 39 heavy (non-hydrogen) atoms. The number of hydrogen-bond acceptors (Lipinski definition) is 9. The molecule has 0 radical (unpaired) electrons. The monoisotopic (exact) mass is 573 g/mol. The summed E-state index contributed by atoms with van der Waals surface area (Å²) in [6.45, 7) is 7.14. The fourth-order valence-corrected chi connectivity index (χ4v) is 6.25. The fourth-order valence-electron chi connectivity index (χ4n) is 4.33. The van der Waals surface area contributed by atoms with Crippen LogP contribution in [0.4, 0.5) is 5.95 Å². The molecule has 1 aromatic carbocycles. The number of sulfonamides is 1. The highest BCUT2D eigenvalue weighted by Crippen LogP contribution is 2.29. The van der Waals surface area contributed by atoms with Crippen molar-refractivity contribution >= 4 is 44.2 Å². The molecule has 1 aliphatic heterocycles. The Hall–Kier alpha value is -3.14. The summed E-state index contributed by atoms with van der Waals surface area (Å²) in [6.07, 6.45) is 3.43. The molecule has 1 amide bonds. The minimum atomic E-state index is -3.78. The van der Waals surface area contributed by atoms with Crippen LogP contribution >= 0.6 is 11.3 Å². The van der Waals surface area contributed by atoms with Crippen molar-refractivity contribution in [2.75, 3.05) is 44.7 Å². The van der Waals surface area contributed by atoms with Crippen LogP contribution in [0.1, 0.15) is 23.5 Å². The summed E-state index contributed by atoms with van der Waals surface area (Å²) < 4.78 is 35.7. The van der Waals surface area contributed by atoms with Crippen molar-refractivity contribution in [3.8, 4) is 10.4 Å². The maximum atomic E-state index is 13.1. The van der Waals surface area contributed by atoms with Crippen LogP contribution in [0.15, 0.2) is 47.6 Å². The number of thiophene rings is 1. The molecule has 0 spiro atoms. The van der Waals surface area contributed by atoms with E-state index in [0.717, 1.165) is 23.5 Å². The van der Waals surface area contributed by atoms with Crippen molar-refractivity contribution in [3.05, 3.63) is 47.6 Å². The van der Waals surface area contributed by atoms with Crippen LogP contribution in [0, 0.1) is 0 Å². The molecule has 0 saturated carbocycles. The van der Waals surface area contributed by atoms with Gasteiger partial charge in [-0.2, -0.15) is 5.10 Å². The van der Waals surface area contributed by atoms with E-state index in [0.29, 0.717) is 35.7 Å². The van der Waals surface area contributed by atoms with Crippen molar-refractivity contribution in [2.45, 2.75) is 30.9 Å². The zero-order valence-corrected chi connectivity index (χ0v) is 23.3. The first-order valence-corrected chi connectivity index (χ1v) is 14.8. The zero-order valence-electron chi connectivity index (χ0n) is 21.7. The van der Waals surface area contributed by atoms with Gasteiger partial charge in [0.1, 0.15) is 0 Å². The molecule has 12 nitrogen and oxygen atoms in total. The van der Waals surface area contributed by atoms with Gasteiger partial charge in [0.05, 0.1) is 52.4 Å². The average molecular weight is 574 g/mol. The van der Waals surface area contributed by atoms with Crippen molar-refractivity contribution in [2.24, 2.45) is 0 Å². The molecule has 1 fully saturated rings. The van der Waals surface area contributed by atoms with E-state index >= 15 is 0 Å². The van der Waals surface area contributed by atoms with Gasteiger partial charge in [0.15, 0.2) is 0 Å². The molecule has 4 aromatic rings. The molecule has 1 saturated heterocycles. The third-order valence-corrected chi connectivity index (χ3v) is 8.83. The van der Waals surface area contributed by atoms with E-state index in [-0.39, 0.29) is 29.8 Å². The minimum Gasteiger partial charge on any atom is -0.389 e. The van der Waals surface area contributed by atoms with Crippen molar-refractivity contribution in [1.29, 1.82) is 0 Å². The van der Waals surface area contributed by atoms with E-state index in [2.05, 4.69) is 30.1 Å². The van der Waals surface area contributed by atoms with Gasteiger partial charge in [-0.3, -0.25) is 20.1 Å². The molecule has 0 bridgehead atoms. The highest BCUT2D eigenvalue weighted by atomic mass is 32.2. The van der Waals surface area contributed by atoms with Crippen molar-refractivity contribution in [1.82, 2.24) is 29.4 Å². The number of carbonyl (C=O) groups is 1. The van der Waals surface area contributed by atoms with Gasteiger partial charge in [0.2, 0.25) is 16.0 Å². The lowest BCUT2D eigenvalue weighted by atomic mass is 10.1. The number of H-pyrrole nitrogens is 1. The van der Waals surface area contributed by atoms with Gasteiger partial charge in [-0.15, -0.1) is 11.3 Å². The number of ether oxygens (including phenoxy) is 1. The second-order valence-corrected chi connectivity index (χ2v) is 12.8. The first kappa shape index (κ1) is 27.4. The van der Waals surface area contributed by atoms with Crippen molar-refractivity contribution in [3.63, 3.8) is 0 Å². The Morgan fingerprint density at radius 3 is 2.74 bits per heavy atom. The van der Waals surface area contributed by atoms with Crippen LogP contribution in [-0.4, -0.2) is 89.1 Å². The summed E-state index contributed by atoms with van der Waals surface area (Å²) in [5.41, 5.74) is 0.734. The number of anilines is 1. The van der Waals surface area contributed by atoms with Crippen molar-refractivity contribution < 1.29 is 23.1 Å². The van der Waals surface area contributed by atoms with Crippen LogP contribution in [0.2, 0.25) is 0 Å². The van der Waals surface area contributed by atoms with E-state index < -0.39 is 15.6 Å². The first-order valence-electron chi connectivity index (χ1n) is 12.5. The van der Waals surface area contributed by atoms with Gasteiger partial charge >= 0.3 is 0 Å². The largest absolute Gasteiger partial charge is 0.389 e. The predicted octanol–water partition coefficient (Wildman–Crippen LogP) is 2.12. The Balaban J connectivity index is 1.37. The fraction of sp³-hybridized carbons (Fsp3) is 0.400. The van der Waals surface area contributed by atoms with E-state index in [1.807, 2.05) is 6.07 Å². The second-order valence-electron chi connectivity index (χ2n) is 9.94.